The number of rotatable bonds is 37. The van der Waals surface area contributed by atoms with Gasteiger partial charge in [0.25, 0.3) is 0 Å². The summed E-state index contributed by atoms with van der Waals surface area (Å²) >= 11 is 0. The molecule has 0 aromatic carbocycles. The fourth-order valence-corrected chi connectivity index (χ4v) is 6.02. The number of hydrogen-bond acceptors (Lipinski definition) is 8. The number of carboxylic acid groups (broad SMARTS) is 1. The second-order valence-electron chi connectivity index (χ2n) is 13.1. The first-order valence-corrected chi connectivity index (χ1v) is 20.7. The number of carbonyl (C=O) groups excluding carboxylic acids is 1. The Morgan fingerprint density at radius 1 is 0.646 bits per heavy atom. The predicted molar refractivity (Wildman–Crippen MR) is 194 cm³/mol. The Kier molecular flexibility index (Phi) is 33.3. The van der Waals surface area contributed by atoms with Crippen LogP contribution in [0.3, 0.4) is 0 Å². The maximum atomic E-state index is 12.5. The van der Waals surface area contributed by atoms with Crippen molar-refractivity contribution >= 4 is 19.8 Å². The van der Waals surface area contributed by atoms with E-state index in [4.69, 9.17) is 24.8 Å². The van der Waals surface area contributed by atoms with Crippen LogP contribution in [0.25, 0.3) is 0 Å². The Morgan fingerprint density at radius 2 is 1.08 bits per heavy atom. The van der Waals surface area contributed by atoms with Gasteiger partial charge in [-0.05, 0) is 38.5 Å². The van der Waals surface area contributed by atoms with Crippen molar-refractivity contribution < 1.29 is 42.7 Å². The van der Waals surface area contributed by atoms with Crippen LogP contribution in [0, 0.1) is 0 Å². The number of ether oxygens (including phenoxy) is 2. The maximum Gasteiger partial charge on any atom is 0.472 e. The summed E-state index contributed by atoms with van der Waals surface area (Å²) in [5, 5.41) is 8.86. The molecular weight excluding hydrogens is 633 g/mol. The van der Waals surface area contributed by atoms with E-state index >= 15 is 0 Å². The molecule has 284 valence electrons. The largest absolute Gasteiger partial charge is 0.480 e. The van der Waals surface area contributed by atoms with E-state index in [9.17, 15) is 19.0 Å². The molecule has 0 aliphatic heterocycles. The summed E-state index contributed by atoms with van der Waals surface area (Å²) in [5.41, 5.74) is 5.33. The van der Waals surface area contributed by atoms with Crippen LogP contribution < -0.4 is 5.73 Å². The average Bonchev–Trinajstić information content (AvgIpc) is 3.06. The van der Waals surface area contributed by atoms with Crippen LogP contribution >= 0.6 is 7.82 Å². The number of phosphoric acid groups is 1. The van der Waals surface area contributed by atoms with Gasteiger partial charge in [-0.15, -0.1) is 0 Å². The van der Waals surface area contributed by atoms with Crippen molar-refractivity contribution in [3.8, 4) is 0 Å². The van der Waals surface area contributed by atoms with Crippen LogP contribution in [0.2, 0.25) is 0 Å². The number of phosphoric ester groups is 1. The lowest BCUT2D eigenvalue weighted by atomic mass is 10.1. The molecular formula is C37H72NO9P. The molecule has 0 rings (SSSR count). The standard InChI is InChI=1S/C37H72NO9P/c1-3-5-7-9-11-13-15-16-17-18-19-21-23-25-27-29-36(39)47-34(32-45-48(42,43)46-33-35(38)37(40)41)31-44-30-28-26-24-22-20-14-12-10-8-6-4-2/h16-17,34-35H,3-15,18-33,38H2,1-2H3,(H,40,41)(H,42,43)/b17-16-. The van der Waals surface area contributed by atoms with Gasteiger partial charge in [0.2, 0.25) is 0 Å². The molecule has 0 aliphatic rings. The Bertz CT molecular complexity index is 827. The molecule has 0 spiro atoms. The van der Waals surface area contributed by atoms with Crippen LogP contribution in [0.1, 0.15) is 174 Å². The van der Waals surface area contributed by atoms with Gasteiger partial charge in [-0.1, -0.05) is 142 Å². The molecule has 0 aromatic heterocycles. The maximum absolute atomic E-state index is 12.5. The molecule has 0 aliphatic carbocycles. The van der Waals surface area contributed by atoms with E-state index in [2.05, 4.69) is 30.5 Å². The lowest BCUT2D eigenvalue weighted by molar-refractivity contribution is -0.154. The third-order valence-electron chi connectivity index (χ3n) is 8.29. The molecule has 48 heavy (non-hydrogen) atoms. The minimum Gasteiger partial charge on any atom is -0.480 e. The third-order valence-corrected chi connectivity index (χ3v) is 9.25. The Balaban J connectivity index is 4.30. The summed E-state index contributed by atoms with van der Waals surface area (Å²) in [6, 6.07) is -1.47. The van der Waals surface area contributed by atoms with Gasteiger partial charge in [-0.2, -0.15) is 0 Å². The summed E-state index contributed by atoms with van der Waals surface area (Å²) < 4.78 is 33.2. The fraction of sp³-hybridized carbons (Fsp3) is 0.892. The minimum absolute atomic E-state index is 0.0184. The molecule has 0 bridgehead atoms. The first-order valence-electron chi connectivity index (χ1n) is 19.2. The first-order chi connectivity index (χ1) is 23.2. The van der Waals surface area contributed by atoms with E-state index in [-0.39, 0.29) is 13.0 Å². The highest BCUT2D eigenvalue weighted by atomic mass is 31.2. The molecule has 0 heterocycles. The summed E-state index contributed by atoms with van der Waals surface area (Å²) in [6.07, 6.45) is 32.6. The second kappa shape index (κ2) is 34.2. The quantitative estimate of drug-likeness (QED) is 0.0246. The lowest BCUT2D eigenvalue weighted by Gasteiger charge is -2.20. The van der Waals surface area contributed by atoms with Crippen molar-refractivity contribution in [1.82, 2.24) is 0 Å². The zero-order valence-electron chi connectivity index (χ0n) is 30.6. The van der Waals surface area contributed by atoms with Gasteiger partial charge in [-0.3, -0.25) is 18.6 Å². The van der Waals surface area contributed by atoms with Crippen LogP contribution in [-0.4, -0.2) is 60.5 Å². The van der Waals surface area contributed by atoms with Gasteiger partial charge in [0.05, 0.1) is 19.8 Å². The number of aliphatic carboxylic acids is 1. The Hall–Kier alpha value is -1.29. The van der Waals surface area contributed by atoms with Crippen LogP contribution in [0.5, 0.6) is 0 Å². The highest BCUT2D eigenvalue weighted by molar-refractivity contribution is 7.47. The molecule has 0 aromatic rings. The SMILES string of the molecule is CCCCCCCC/C=C\CCCCCCCC(=O)OC(COCCCCCCCCCCCCC)COP(=O)(O)OCC(N)C(=O)O. The number of carbonyl (C=O) groups is 2. The van der Waals surface area contributed by atoms with Gasteiger partial charge >= 0.3 is 19.8 Å². The van der Waals surface area contributed by atoms with Gasteiger partial charge in [-0.25, -0.2) is 4.57 Å². The summed E-state index contributed by atoms with van der Waals surface area (Å²) in [4.78, 5) is 33.4. The zero-order chi connectivity index (χ0) is 35.6. The van der Waals surface area contributed by atoms with Crippen LogP contribution in [-0.2, 0) is 32.7 Å². The summed E-state index contributed by atoms with van der Waals surface area (Å²) in [5.74, 6) is -1.78. The number of allylic oxidation sites excluding steroid dienone is 2. The normalized spacial score (nSPS) is 14.2. The molecule has 4 N–H and O–H groups in total. The van der Waals surface area contributed by atoms with Gasteiger partial charge < -0.3 is 25.2 Å². The molecule has 10 nitrogen and oxygen atoms in total. The lowest BCUT2D eigenvalue weighted by Crippen LogP contribution is -2.34. The predicted octanol–water partition coefficient (Wildman–Crippen LogP) is 9.81. The monoisotopic (exact) mass is 705 g/mol. The molecule has 3 atom stereocenters. The van der Waals surface area contributed by atoms with Crippen molar-refractivity contribution in [2.45, 2.75) is 187 Å². The number of esters is 1. The van der Waals surface area contributed by atoms with Gasteiger partial charge in [0, 0.05) is 13.0 Å². The van der Waals surface area contributed by atoms with Gasteiger partial charge in [0.15, 0.2) is 0 Å². The van der Waals surface area contributed by atoms with Crippen molar-refractivity contribution in [2.75, 3.05) is 26.4 Å². The highest BCUT2D eigenvalue weighted by Crippen LogP contribution is 2.43. The van der Waals surface area contributed by atoms with Crippen molar-refractivity contribution in [3.05, 3.63) is 12.2 Å². The molecule has 11 heteroatoms. The van der Waals surface area contributed by atoms with E-state index in [0.29, 0.717) is 13.0 Å². The van der Waals surface area contributed by atoms with E-state index < -0.39 is 45.1 Å². The highest BCUT2D eigenvalue weighted by Gasteiger charge is 2.27. The van der Waals surface area contributed by atoms with Crippen LogP contribution in [0.15, 0.2) is 12.2 Å². The van der Waals surface area contributed by atoms with E-state index in [1.165, 1.54) is 96.3 Å². The topological polar surface area (TPSA) is 155 Å². The Labute approximate surface area is 292 Å². The third kappa shape index (κ3) is 33.2. The summed E-state index contributed by atoms with van der Waals surface area (Å²) in [6.45, 7) is 3.86. The zero-order valence-corrected chi connectivity index (χ0v) is 31.5. The molecule has 0 fully saturated rings. The van der Waals surface area contributed by atoms with Crippen molar-refractivity contribution in [1.29, 1.82) is 0 Å². The minimum atomic E-state index is -4.60. The van der Waals surface area contributed by atoms with Crippen LogP contribution in [0.4, 0.5) is 0 Å². The molecule has 0 saturated carbocycles. The van der Waals surface area contributed by atoms with Crippen molar-refractivity contribution in [2.24, 2.45) is 5.73 Å². The van der Waals surface area contributed by atoms with Crippen molar-refractivity contribution in [3.63, 3.8) is 0 Å². The molecule has 3 unspecified atom stereocenters. The fourth-order valence-electron chi connectivity index (χ4n) is 5.24. The van der Waals surface area contributed by atoms with Gasteiger partial charge in [0.1, 0.15) is 12.1 Å². The number of hydrogen-bond donors (Lipinski definition) is 3. The molecule has 0 saturated heterocycles. The summed E-state index contributed by atoms with van der Waals surface area (Å²) in [7, 11) is -4.60. The van der Waals surface area contributed by atoms with E-state index in [0.717, 1.165) is 51.4 Å². The van der Waals surface area contributed by atoms with E-state index in [1.54, 1.807) is 0 Å². The molecule has 0 radical (unpaired) electrons. The molecule has 0 amide bonds. The number of carboxylic acids is 1. The first kappa shape index (κ1) is 46.7. The number of nitrogens with two attached hydrogens (primary N) is 1. The smallest absolute Gasteiger partial charge is 0.472 e. The second-order valence-corrected chi connectivity index (χ2v) is 14.5. The number of unbranched alkanes of at least 4 members (excludes halogenated alkanes) is 21. The average molecular weight is 706 g/mol. The van der Waals surface area contributed by atoms with E-state index in [1.807, 2.05) is 0 Å². The Morgan fingerprint density at radius 3 is 1.58 bits per heavy atom.